The highest BCUT2D eigenvalue weighted by molar-refractivity contribution is 5.80. The monoisotopic (exact) mass is 255 g/mol. The van der Waals surface area contributed by atoms with Crippen molar-refractivity contribution in [3.05, 3.63) is 12.7 Å². The fourth-order valence-corrected chi connectivity index (χ4v) is 1.93. The Kier molecular flexibility index (Phi) is 9.66. The van der Waals surface area contributed by atoms with Crippen molar-refractivity contribution in [1.29, 1.82) is 0 Å². The van der Waals surface area contributed by atoms with Crippen LogP contribution in [0, 0.1) is 0 Å². The lowest BCUT2D eigenvalue weighted by atomic mass is 9.94. The fraction of sp³-hybridized carbons (Fsp3) is 0.800. The summed E-state index contributed by atoms with van der Waals surface area (Å²) in [6.45, 7) is 10.7. The third kappa shape index (κ3) is 6.80. The summed E-state index contributed by atoms with van der Waals surface area (Å²) in [7, 11) is 0. The molecule has 0 amide bonds. The van der Waals surface area contributed by atoms with E-state index in [-0.39, 0.29) is 5.97 Å². The molecule has 3 nitrogen and oxygen atoms in total. The Morgan fingerprint density at radius 2 is 1.94 bits per heavy atom. The summed E-state index contributed by atoms with van der Waals surface area (Å²) in [5.74, 6) is -0.151. The van der Waals surface area contributed by atoms with Gasteiger partial charge in [0.05, 0.1) is 6.61 Å². The van der Waals surface area contributed by atoms with E-state index in [1.165, 1.54) is 25.7 Å². The number of hydrogen-bond donors (Lipinski definition) is 1. The van der Waals surface area contributed by atoms with Gasteiger partial charge >= 0.3 is 5.97 Å². The fourth-order valence-electron chi connectivity index (χ4n) is 1.93. The molecule has 3 heteroatoms. The molecule has 0 aliphatic carbocycles. The molecule has 18 heavy (non-hydrogen) atoms. The van der Waals surface area contributed by atoms with E-state index in [9.17, 15) is 4.79 Å². The SMILES string of the molecule is C=CCNC(C)(CCCCCCC)C(=O)OCC. The Balaban J connectivity index is 4.19. The standard InChI is InChI=1S/C15H29NO2/c1-5-8-9-10-11-12-15(4,16-13-6-2)14(17)18-7-3/h6,16H,2,5,7-13H2,1,3-4H3. The molecule has 1 atom stereocenters. The van der Waals surface area contributed by atoms with E-state index in [1.54, 1.807) is 6.08 Å². The number of rotatable bonds is 11. The van der Waals surface area contributed by atoms with Crippen molar-refractivity contribution in [2.75, 3.05) is 13.2 Å². The Morgan fingerprint density at radius 3 is 2.50 bits per heavy atom. The zero-order valence-electron chi connectivity index (χ0n) is 12.3. The van der Waals surface area contributed by atoms with Crippen LogP contribution in [0.15, 0.2) is 12.7 Å². The predicted molar refractivity (Wildman–Crippen MR) is 76.6 cm³/mol. The first-order chi connectivity index (χ1) is 8.60. The molecule has 0 spiro atoms. The minimum Gasteiger partial charge on any atom is -0.465 e. The van der Waals surface area contributed by atoms with Crippen LogP contribution in [0.4, 0.5) is 0 Å². The largest absolute Gasteiger partial charge is 0.465 e. The molecule has 0 fully saturated rings. The van der Waals surface area contributed by atoms with Gasteiger partial charge in [0.2, 0.25) is 0 Å². The molecule has 0 bridgehead atoms. The molecular formula is C15H29NO2. The average molecular weight is 255 g/mol. The van der Waals surface area contributed by atoms with Crippen LogP contribution in [-0.2, 0) is 9.53 Å². The highest BCUT2D eigenvalue weighted by atomic mass is 16.5. The van der Waals surface area contributed by atoms with E-state index >= 15 is 0 Å². The molecular weight excluding hydrogens is 226 g/mol. The van der Waals surface area contributed by atoms with Crippen LogP contribution in [0.5, 0.6) is 0 Å². The number of unbranched alkanes of at least 4 members (excludes halogenated alkanes) is 4. The summed E-state index contributed by atoms with van der Waals surface area (Å²) in [5, 5.41) is 3.23. The van der Waals surface area contributed by atoms with Crippen molar-refractivity contribution >= 4 is 5.97 Å². The van der Waals surface area contributed by atoms with Gasteiger partial charge in [0, 0.05) is 6.54 Å². The maximum atomic E-state index is 12.0. The van der Waals surface area contributed by atoms with Gasteiger partial charge in [-0.2, -0.15) is 0 Å². The molecule has 0 saturated carbocycles. The van der Waals surface area contributed by atoms with Gasteiger partial charge in [-0.05, 0) is 20.3 Å². The molecule has 0 aromatic carbocycles. The lowest BCUT2D eigenvalue weighted by molar-refractivity contribution is -0.150. The van der Waals surface area contributed by atoms with Crippen LogP contribution in [-0.4, -0.2) is 24.7 Å². The third-order valence-corrected chi connectivity index (χ3v) is 3.14. The second-order valence-corrected chi connectivity index (χ2v) is 4.89. The highest BCUT2D eigenvalue weighted by Crippen LogP contribution is 2.17. The molecule has 0 saturated heterocycles. The van der Waals surface area contributed by atoms with Crippen molar-refractivity contribution in [1.82, 2.24) is 5.32 Å². The zero-order valence-corrected chi connectivity index (χ0v) is 12.3. The second kappa shape index (κ2) is 10.1. The van der Waals surface area contributed by atoms with Crippen molar-refractivity contribution in [2.24, 2.45) is 0 Å². The van der Waals surface area contributed by atoms with Crippen molar-refractivity contribution in [3.8, 4) is 0 Å². The summed E-state index contributed by atoms with van der Waals surface area (Å²) in [4.78, 5) is 12.0. The third-order valence-electron chi connectivity index (χ3n) is 3.14. The molecule has 1 unspecified atom stereocenters. The van der Waals surface area contributed by atoms with Gasteiger partial charge in [0.25, 0.3) is 0 Å². The Morgan fingerprint density at radius 1 is 1.28 bits per heavy atom. The van der Waals surface area contributed by atoms with Gasteiger partial charge in [-0.15, -0.1) is 6.58 Å². The Bertz CT molecular complexity index is 241. The summed E-state index contributed by atoms with van der Waals surface area (Å²) in [6.07, 6.45) is 8.59. The Labute approximate surface area is 112 Å². The molecule has 0 aliphatic rings. The maximum Gasteiger partial charge on any atom is 0.326 e. The van der Waals surface area contributed by atoms with E-state index in [0.29, 0.717) is 13.2 Å². The molecule has 0 rings (SSSR count). The van der Waals surface area contributed by atoms with Crippen LogP contribution in [0.2, 0.25) is 0 Å². The summed E-state index contributed by atoms with van der Waals surface area (Å²) in [6, 6.07) is 0. The number of nitrogens with one attached hydrogen (secondary N) is 1. The molecule has 0 radical (unpaired) electrons. The van der Waals surface area contributed by atoms with Crippen LogP contribution < -0.4 is 5.32 Å². The van der Waals surface area contributed by atoms with E-state index in [1.807, 2.05) is 13.8 Å². The zero-order chi connectivity index (χ0) is 13.9. The maximum absolute atomic E-state index is 12.0. The normalized spacial score (nSPS) is 13.9. The number of carbonyl (C=O) groups excluding carboxylic acids is 1. The molecule has 0 aromatic rings. The van der Waals surface area contributed by atoms with Crippen LogP contribution in [0.25, 0.3) is 0 Å². The van der Waals surface area contributed by atoms with Gasteiger partial charge < -0.3 is 4.74 Å². The molecule has 1 N–H and O–H groups in total. The molecule has 0 aliphatic heterocycles. The van der Waals surface area contributed by atoms with Crippen molar-refractivity contribution in [2.45, 2.75) is 64.8 Å². The first-order valence-corrected chi connectivity index (χ1v) is 7.13. The van der Waals surface area contributed by atoms with Gasteiger partial charge in [-0.1, -0.05) is 45.1 Å². The van der Waals surface area contributed by atoms with Crippen molar-refractivity contribution < 1.29 is 9.53 Å². The number of hydrogen-bond acceptors (Lipinski definition) is 3. The molecule has 106 valence electrons. The first-order valence-electron chi connectivity index (χ1n) is 7.13. The van der Waals surface area contributed by atoms with E-state index in [0.717, 1.165) is 12.8 Å². The van der Waals surface area contributed by atoms with E-state index in [4.69, 9.17) is 4.74 Å². The first kappa shape index (κ1) is 17.2. The van der Waals surface area contributed by atoms with E-state index < -0.39 is 5.54 Å². The number of carbonyl (C=O) groups is 1. The lowest BCUT2D eigenvalue weighted by Crippen LogP contribution is -2.50. The topological polar surface area (TPSA) is 38.3 Å². The summed E-state index contributed by atoms with van der Waals surface area (Å²) < 4.78 is 5.15. The number of esters is 1. The minimum absolute atomic E-state index is 0.151. The summed E-state index contributed by atoms with van der Waals surface area (Å²) in [5.41, 5.74) is -0.573. The van der Waals surface area contributed by atoms with Gasteiger partial charge in [0.1, 0.15) is 5.54 Å². The van der Waals surface area contributed by atoms with Crippen LogP contribution in [0.1, 0.15) is 59.3 Å². The Hall–Kier alpha value is -0.830. The lowest BCUT2D eigenvalue weighted by Gasteiger charge is -2.28. The smallest absolute Gasteiger partial charge is 0.326 e. The highest BCUT2D eigenvalue weighted by Gasteiger charge is 2.33. The van der Waals surface area contributed by atoms with Crippen LogP contribution >= 0.6 is 0 Å². The number of ether oxygens (including phenoxy) is 1. The predicted octanol–water partition coefficient (Wildman–Crippen LogP) is 3.44. The quantitative estimate of drug-likeness (QED) is 0.349. The van der Waals surface area contributed by atoms with Crippen molar-refractivity contribution in [3.63, 3.8) is 0 Å². The van der Waals surface area contributed by atoms with Gasteiger partial charge in [0.15, 0.2) is 0 Å². The average Bonchev–Trinajstić information content (AvgIpc) is 2.36. The molecule has 0 heterocycles. The van der Waals surface area contributed by atoms with E-state index in [2.05, 4.69) is 18.8 Å². The van der Waals surface area contributed by atoms with Gasteiger partial charge in [-0.25, -0.2) is 0 Å². The van der Waals surface area contributed by atoms with Crippen LogP contribution in [0.3, 0.4) is 0 Å². The summed E-state index contributed by atoms with van der Waals surface area (Å²) >= 11 is 0. The molecule has 0 aromatic heterocycles. The second-order valence-electron chi connectivity index (χ2n) is 4.89. The van der Waals surface area contributed by atoms with Gasteiger partial charge in [-0.3, -0.25) is 10.1 Å². The minimum atomic E-state index is -0.573.